The van der Waals surface area contributed by atoms with Crippen LogP contribution >= 0.6 is 0 Å². The van der Waals surface area contributed by atoms with Crippen LogP contribution < -0.4 is 4.90 Å². The standard InChI is InChI=1S/C21H25N5/c1-2-12-25-13-5-14-26(16-15-25)21-18-6-3-4-7-19(18)23-20(24-21)17-8-10-22-11-9-17/h3-4,6-11H,2,5,12-16H2,1H3. The van der Waals surface area contributed by atoms with Gasteiger partial charge >= 0.3 is 0 Å². The van der Waals surface area contributed by atoms with Crippen LogP contribution in [-0.4, -0.2) is 52.6 Å². The predicted molar refractivity (Wildman–Crippen MR) is 106 cm³/mol. The fourth-order valence-corrected chi connectivity index (χ4v) is 3.65. The highest BCUT2D eigenvalue weighted by atomic mass is 15.3. The zero-order chi connectivity index (χ0) is 17.8. The first-order valence-corrected chi connectivity index (χ1v) is 9.49. The molecule has 3 aromatic rings. The molecular formula is C21H25N5. The number of hydrogen-bond acceptors (Lipinski definition) is 5. The van der Waals surface area contributed by atoms with E-state index in [2.05, 4.69) is 39.9 Å². The van der Waals surface area contributed by atoms with Crippen molar-refractivity contribution in [2.24, 2.45) is 0 Å². The van der Waals surface area contributed by atoms with Gasteiger partial charge in [-0.3, -0.25) is 4.98 Å². The number of benzene rings is 1. The highest BCUT2D eigenvalue weighted by molar-refractivity contribution is 5.91. The Morgan fingerprint density at radius 3 is 2.62 bits per heavy atom. The second-order valence-corrected chi connectivity index (χ2v) is 6.81. The van der Waals surface area contributed by atoms with Crippen molar-refractivity contribution in [2.75, 3.05) is 37.6 Å². The van der Waals surface area contributed by atoms with Crippen LogP contribution in [-0.2, 0) is 0 Å². The fourth-order valence-electron chi connectivity index (χ4n) is 3.65. The molecule has 1 aliphatic rings. The summed E-state index contributed by atoms with van der Waals surface area (Å²) >= 11 is 0. The van der Waals surface area contributed by atoms with Crippen molar-refractivity contribution < 1.29 is 0 Å². The molecule has 1 fully saturated rings. The van der Waals surface area contributed by atoms with E-state index in [1.165, 1.54) is 25.9 Å². The van der Waals surface area contributed by atoms with Gasteiger partial charge in [0.15, 0.2) is 5.82 Å². The molecule has 134 valence electrons. The smallest absolute Gasteiger partial charge is 0.162 e. The van der Waals surface area contributed by atoms with Crippen molar-refractivity contribution in [1.82, 2.24) is 19.9 Å². The lowest BCUT2D eigenvalue weighted by molar-refractivity contribution is 0.294. The summed E-state index contributed by atoms with van der Waals surface area (Å²) in [4.78, 5) is 18.9. The Labute approximate surface area is 154 Å². The Morgan fingerprint density at radius 2 is 1.77 bits per heavy atom. The lowest BCUT2D eigenvalue weighted by atomic mass is 10.2. The molecule has 4 rings (SSSR count). The van der Waals surface area contributed by atoms with E-state index < -0.39 is 0 Å². The van der Waals surface area contributed by atoms with Gasteiger partial charge in [-0.25, -0.2) is 9.97 Å². The zero-order valence-corrected chi connectivity index (χ0v) is 15.3. The van der Waals surface area contributed by atoms with Gasteiger partial charge in [-0.2, -0.15) is 0 Å². The van der Waals surface area contributed by atoms with Crippen LogP contribution in [0.3, 0.4) is 0 Å². The van der Waals surface area contributed by atoms with E-state index in [1.54, 1.807) is 12.4 Å². The van der Waals surface area contributed by atoms with Crippen molar-refractivity contribution in [3.8, 4) is 11.4 Å². The maximum absolute atomic E-state index is 4.98. The molecule has 5 heteroatoms. The first kappa shape index (κ1) is 16.9. The third kappa shape index (κ3) is 3.53. The summed E-state index contributed by atoms with van der Waals surface area (Å²) in [5.74, 6) is 1.83. The van der Waals surface area contributed by atoms with E-state index in [1.807, 2.05) is 18.2 Å². The summed E-state index contributed by atoms with van der Waals surface area (Å²) < 4.78 is 0. The number of aromatic nitrogens is 3. The number of anilines is 1. The minimum Gasteiger partial charge on any atom is -0.355 e. The second kappa shape index (κ2) is 7.79. The third-order valence-electron chi connectivity index (χ3n) is 4.95. The van der Waals surface area contributed by atoms with E-state index in [4.69, 9.17) is 9.97 Å². The summed E-state index contributed by atoms with van der Waals surface area (Å²) in [5.41, 5.74) is 2.01. The number of hydrogen-bond donors (Lipinski definition) is 0. The Hall–Kier alpha value is -2.53. The number of para-hydroxylation sites is 1. The number of pyridine rings is 1. The van der Waals surface area contributed by atoms with Crippen LogP contribution in [0, 0.1) is 0 Å². The highest BCUT2D eigenvalue weighted by Crippen LogP contribution is 2.28. The molecule has 5 nitrogen and oxygen atoms in total. The van der Waals surface area contributed by atoms with Crippen molar-refractivity contribution in [1.29, 1.82) is 0 Å². The average Bonchev–Trinajstić information content (AvgIpc) is 2.94. The molecule has 1 aromatic carbocycles. The van der Waals surface area contributed by atoms with Crippen LogP contribution in [0.1, 0.15) is 19.8 Å². The van der Waals surface area contributed by atoms with Gasteiger partial charge in [0.25, 0.3) is 0 Å². The molecule has 1 saturated heterocycles. The minimum absolute atomic E-state index is 0.774. The Bertz CT molecular complexity index is 865. The first-order chi connectivity index (χ1) is 12.8. The van der Waals surface area contributed by atoms with Gasteiger partial charge < -0.3 is 9.80 Å². The molecule has 0 N–H and O–H groups in total. The van der Waals surface area contributed by atoms with E-state index in [0.717, 1.165) is 47.7 Å². The average molecular weight is 347 g/mol. The van der Waals surface area contributed by atoms with E-state index in [9.17, 15) is 0 Å². The van der Waals surface area contributed by atoms with Gasteiger partial charge in [0.1, 0.15) is 5.82 Å². The molecule has 0 spiro atoms. The second-order valence-electron chi connectivity index (χ2n) is 6.81. The topological polar surface area (TPSA) is 45.2 Å². The maximum atomic E-state index is 4.98. The van der Waals surface area contributed by atoms with Gasteiger partial charge in [-0.1, -0.05) is 19.1 Å². The Kier molecular flexibility index (Phi) is 5.07. The molecule has 0 amide bonds. The van der Waals surface area contributed by atoms with Crippen molar-refractivity contribution >= 4 is 16.7 Å². The van der Waals surface area contributed by atoms with Crippen LogP contribution in [0.25, 0.3) is 22.3 Å². The fraction of sp³-hybridized carbons (Fsp3) is 0.381. The van der Waals surface area contributed by atoms with E-state index >= 15 is 0 Å². The van der Waals surface area contributed by atoms with Crippen LogP contribution in [0.15, 0.2) is 48.8 Å². The van der Waals surface area contributed by atoms with Crippen molar-refractivity contribution in [3.05, 3.63) is 48.8 Å². The molecule has 2 aromatic heterocycles. The molecule has 0 atom stereocenters. The molecule has 0 aliphatic carbocycles. The molecule has 0 unspecified atom stereocenters. The quantitative estimate of drug-likeness (QED) is 0.721. The molecule has 26 heavy (non-hydrogen) atoms. The molecule has 1 aliphatic heterocycles. The van der Waals surface area contributed by atoms with E-state index in [0.29, 0.717) is 0 Å². The summed E-state index contributed by atoms with van der Waals surface area (Å²) in [6, 6.07) is 12.3. The van der Waals surface area contributed by atoms with Gasteiger partial charge in [-0.05, 0) is 50.2 Å². The van der Waals surface area contributed by atoms with Crippen LogP contribution in [0.5, 0.6) is 0 Å². The van der Waals surface area contributed by atoms with Crippen LogP contribution in [0.2, 0.25) is 0 Å². The highest BCUT2D eigenvalue weighted by Gasteiger charge is 2.19. The molecule has 3 heterocycles. The predicted octanol–water partition coefficient (Wildman–Crippen LogP) is 3.61. The van der Waals surface area contributed by atoms with Gasteiger partial charge in [0.05, 0.1) is 5.52 Å². The lowest BCUT2D eigenvalue weighted by Gasteiger charge is -2.24. The van der Waals surface area contributed by atoms with Crippen LogP contribution in [0.4, 0.5) is 5.82 Å². The number of nitrogens with zero attached hydrogens (tertiary/aromatic N) is 5. The number of rotatable bonds is 4. The Balaban J connectivity index is 1.73. The monoisotopic (exact) mass is 347 g/mol. The van der Waals surface area contributed by atoms with Crippen molar-refractivity contribution in [3.63, 3.8) is 0 Å². The Morgan fingerprint density at radius 1 is 0.923 bits per heavy atom. The summed E-state index contributed by atoms with van der Waals surface area (Å²) in [6.45, 7) is 7.75. The van der Waals surface area contributed by atoms with Crippen molar-refractivity contribution in [2.45, 2.75) is 19.8 Å². The SMILES string of the molecule is CCCN1CCCN(c2nc(-c3ccncc3)nc3ccccc23)CC1. The maximum Gasteiger partial charge on any atom is 0.162 e. The normalized spacial score (nSPS) is 16.0. The summed E-state index contributed by atoms with van der Waals surface area (Å²) in [7, 11) is 0. The molecule has 0 saturated carbocycles. The van der Waals surface area contributed by atoms with Gasteiger partial charge in [0, 0.05) is 43.0 Å². The number of fused-ring (bicyclic) bond motifs is 1. The molecule has 0 bridgehead atoms. The molecule has 0 radical (unpaired) electrons. The minimum atomic E-state index is 0.774. The summed E-state index contributed by atoms with van der Waals surface area (Å²) in [6.07, 6.45) is 5.97. The van der Waals surface area contributed by atoms with E-state index in [-0.39, 0.29) is 0 Å². The summed E-state index contributed by atoms with van der Waals surface area (Å²) in [5, 5.41) is 1.13. The van der Waals surface area contributed by atoms with Gasteiger partial charge in [-0.15, -0.1) is 0 Å². The van der Waals surface area contributed by atoms with Gasteiger partial charge in [0.2, 0.25) is 0 Å². The largest absolute Gasteiger partial charge is 0.355 e. The zero-order valence-electron chi connectivity index (χ0n) is 15.3. The lowest BCUT2D eigenvalue weighted by Crippen LogP contribution is -2.31. The third-order valence-corrected chi connectivity index (χ3v) is 4.95. The first-order valence-electron chi connectivity index (χ1n) is 9.49. The molecular weight excluding hydrogens is 322 g/mol.